The molecule has 2 aromatic rings. The first-order chi connectivity index (χ1) is 13.5. The highest BCUT2D eigenvalue weighted by Gasteiger charge is 2.26. The number of halogens is 1. The van der Waals surface area contributed by atoms with Gasteiger partial charge in [0.25, 0.3) is 0 Å². The Morgan fingerprint density at radius 3 is 2.43 bits per heavy atom. The maximum absolute atomic E-state index is 12.7. The smallest absolute Gasteiger partial charge is 0.338 e. The first-order valence-electron chi connectivity index (χ1n) is 9.12. The van der Waals surface area contributed by atoms with E-state index in [4.69, 9.17) is 21.1 Å². The summed E-state index contributed by atoms with van der Waals surface area (Å²) in [5, 5.41) is 0.609. The molecule has 28 heavy (non-hydrogen) atoms. The topological polar surface area (TPSA) is 72.9 Å². The third-order valence-electron chi connectivity index (χ3n) is 4.42. The SMILES string of the molecule is O=C(OCCOc1ccc(Cl)cc1)c1cccc(S(=O)(=O)N2CCCCC2)c1. The van der Waals surface area contributed by atoms with Crippen LogP contribution in [0.25, 0.3) is 0 Å². The zero-order chi connectivity index (χ0) is 20.0. The fourth-order valence-electron chi connectivity index (χ4n) is 2.95. The zero-order valence-electron chi connectivity index (χ0n) is 15.3. The second-order valence-corrected chi connectivity index (χ2v) is 8.81. The molecule has 3 rings (SSSR count). The number of esters is 1. The molecule has 0 unspecified atom stereocenters. The summed E-state index contributed by atoms with van der Waals surface area (Å²) in [6.45, 7) is 1.25. The molecule has 1 saturated heterocycles. The molecule has 0 spiro atoms. The molecule has 150 valence electrons. The van der Waals surface area contributed by atoms with Crippen molar-refractivity contribution in [3.05, 3.63) is 59.1 Å². The van der Waals surface area contributed by atoms with Crippen LogP contribution in [0.15, 0.2) is 53.4 Å². The van der Waals surface area contributed by atoms with Gasteiger partial charge in [-0.2, -0.15) is 4.31 Å². The van der Waals surface area contributed by atoms with E-state index >= 15 is 0 Å². The van der Waals surface area contributed by atoms with Crippen molar-refractivity contribution in [2.75, 3.05) is 26.3 Å². The molecular formula is C20H22ClNO5S. The zero-order valence-corrected chi connectivity index (χ0v) is 16.9. The van der Waals surface area contributed by atoms with E-state index in [-0.39, 0.29) is 23.7 Å². The molecule has 1 fully saturated rings. The molecule has 0 radical (unpaired) electrons. The van der Waals surface area contributed by atoms with Gasteiger partial charge in [-0.05, 0) is 55.3 Å². The number of ether oxygens (including phenoxy) is 2. The number of rotatable bonds is 7. The maximum Gasteiger partial charge on any atom is 0.338 e. The standard InChI is InChI=1S/C20H22ClNO5S/c21-17-7-9-18(10-8-17)26-13-14-27-20(23)16-5-4-6-19(15-16)28(24,25)22-11-2-1-3-12-22/h4-10,15H,1-3,11-14H2. The molecular weight excluding hydrogens is 402 g/mol. The Balaban J connectivity index is 1.56. The van der Waals surface area contributed by atoms with Crippen molar-refractivity contribution in [3.63, 3.8) is 0 Å². The highest BCUT2D eigenvalue weighted by atomic mass is 35.5. The van der Waals surface area contributed by atoms with Gasteiger partial charge in [0.15, 0.2) is 0 Å². The summed E-state index contributed by atoms with van der Waals surface area (Å²) < 4.78 is 37.6. The van der Waals surface area contributed by atoms with Gasteiger partial charge in [0.1, 0.15) is 19.0 Å². The summed E-state index contributed by atoms with van der Waals surface area (Å²) in [5.74, 6) is 0.0328. The summed E-state index contributed by atoms with van der Waals surface area (Å²) in [7, 11) is -3.59. The largest absolute Gasteiger partial charge is 0.490 e. The second kappa shape index (κ2) is 9.41. The average Bonchev–Trinajstić information content (AvgIpc) is 2.73. The van der Waals surface area contributed by atoms with Gasteiger partial charge in [-0.3, -0.25) is 0 Å². The van der Waals surface area contributed by atoms with Crippen molar-refractivity contribution in [3.8, 4) is 5.75 Å². The van der Waals surface area contributed by atoms with Gasteiger partial charge < -0.3 is 9.47 Å². The van der Waals surface area contributed by atoms with Crippen LogP contribution in [-0.2, 0) is 14.8 Å². The van der Waals surface area contributed by atoms with Crippen molar-refractivity contribution in [2.24, 2.45) is 0 Å². The van der Waals surface area contributed by atoms with Crippen molar-refractivity contribution in [2.45, 2.75) is 24.2 Å². The maximum atomic E-state index is 12.7. The molecule has 1 aliphatic rings. The molecule has 0 saturated carbocycles. The van der Waals surface area contributed by atoms with Crippen LogP contribution < -0.4 is 4.74 Å². The van der Waals surface area contributed by atoms with Crippen molar-refractivity contribution in [1.82, 2.24) is 4.31 Å². The number of hydrogen-bond donors (Lipinski definition) is 0. The molecule has 8 heteroatoms. The molecule has 0 atom stereocenters. The molecule has 0 aromatic heterocycles. The molecule has 6 nitrogen and oxygen atoms in total. The normalized spacial score (nSPS) is 15.2. The first-order valence-corrected chi connectivity index (χ1v) is 10.9. The number of hydrogen-bond acceptors (Lipinski definition) is 5. The second-order valence-electron chi connectivity index (χ2n) is 6.43. The lowest BCUT2D eigenvalue weighted by Crippen LogP contribution is -2.35. The Labute approximate surface area is 170 Å². The number of carbonyl (C=O) groups excluding carboxylic acids is 1. The lowest BCUT2D eigenvalue weighted by atomic mass is 10.2. The van der Waals surface area contributed by atoms with Gasteiger partial charge in [0.2, 0.25) is 10.0 Å². The summed E-state index contributed by atoms with van der Waals surface area (Å²) in [6, 6.07) is 12.8. The lowest BCUT2D eigenvalue weighted by Gasteiger charge is -2.25. The molecule has 0 aliphatic carbocycles. The Morgan fingerprint density at radius 2 is 1.71 bits per heavy atom. The molecule has 1 aliphatic heterocycles. The summed E-state index contributed by atoms with van der Waals surface area (Å²) in [4.78, 5) is 12.4. The Kier molecular flexibility index (Phi) is 6.93. The van der Waals surface area contributed by atoms with E-state index in [0.29, 0.717) is 23.9 Å². The number of sulfonamides is 1. The van der Waals surface area contributed by atoms with Gasteiger partial charge in [0, 0.05) is 18.1 Å². The third kappa shape index (κ3) is 5.25. The van der Waals surface area contributed by atoms with Crippen molar-refractivity contribution in [1.29, 1.82) is 0 Å². The van der Waals surface area contributed by atoms with Gasteiger partial charge >= 0.3 is 5.97 Å². The molecule has 0 N–H and O–H groups in total. The molecule has 1 heterocycles. The predicted molar refractivity (Wildman–Crippen MR) is 106 cm³/mol. The minimum Gasteiger partial charge on any atom is -0.490 e. The van der Waals surface area contributed by atoms with E-state index in [1.807, 2.05) is 0 Å². The van der Waals surface area contributed by atoms with Crippen LogP contribution >= 0.6 is 11.6 Å². The fourth-order valence-corrected chi connectivity index (χ4v) is 4.64. The third-order valence-corrected chi connectivity index (χ3v) is 6.57. The highest BCUT2D eigenvalue weighted by molar-refractivity contribution is 7.89. The average molecular weight is 424 g/mol. The van der Waals surface area contributed by atoms with Gasteiger partial charge in [-0.25, -0.2) is 13.2 Å². The Hall–Kier alpha value is -2.09. The Bertz CT molecular complexity index is 908. The van der Waals surface area contributed by atoms with Crippen LogP contribution in [-0.4, -0.2) is 45.0 Å². The Morgan fingerprint density at radius 1 is 1.00 bits per heavy atom. The predicted octanol–water partition coefficient (Wildman–Crippen LogP) is 3.75. The number of benzene rings is 2. The van der Waals surface area contributed by atoms with E-state index in [2.05, 4.69) is 0 Å². The highest BCUT2D eigenvalue weighted by Crippen LogP contribution is 2.21. The lowest BCUT2D eigenvalue weighted by molar-refractivity contribution is 0.0450. The summed E-state index contributed by atoms with van der Waals surface area (Å²) in [5.41, 5.74) is 0.199. The van der Waals surface area contributed by atoms with Gasteiger partial charge in [-0.15, -0.1) is 0 Å². The summed E-state index contributed by atoms with van der Waals surface area (Å²) >= 11 is 5.81. The number of piperidine rings is 1. The number of nitrogens with zero attached hydrogens (tertiary/aromatic N) is 1. The van der Waals surface area contributed by atoms with Crippen LogP contribution in [0.1, 0.15) is 29.6 Å². The fraction of sp³-hybridized carbons (Fsp3) is 0.350. The first kappa shape index (κ1) is 20.6. The molecule has 0 bridgehead atoms. The van der Waals surface area contributed by atoms with E-state index in [9.17, 15) is 13.2 Å². The quantitative estimate of drug-likeness (QED) is 0.501. The minimum absolute atomic E-state index is 0.0462. The molecule has 0 amide bonds. The molecule has 2 aromatic carbocycles. The summed E-state index contributed by atoms with van der Waals surface area (Å²) in [6.07, 6.45) is 2.75. The van der Waals surface area contributed by atoms with E-state index < -0.39 is 16.0 Å². The minimum atomic E-state index is -3.59. The van der Waals surface area contributed by atoms with E-state index in [0.717, 1.165) is 19.3 Å². The van der Waals surface area contributed by atoms with Crippen molar-refractivity contribution < 1.29 is 22.7 Å². The van der Waals surface area contributed by atoms with Crippen LogP contribution in [0.2, 0.25) is 5.02 Å². The van der Waals surface area contributed by atoms with Gasteiger partial charge in [-0.1, -0.05) is 24.1 Å². The number of carbonyl (C=O) groups is 1. The van der Waals surface area contributed by atoms with Crippen LogP contribution in [0.3, 0.4) is 0 Å². The van der Waals surface area contributed by atoms with Crippen LogP contribution in [0.5, 0.6) is 5.75 Å². The van der Waals surface area contributed by atoms with Crippen LogP contribution in [0, 0.1) is 0 Å². The van der Waals surface area contributed by atoms with Gasteiger partial charge in [0.05, 0.1) is 10.5 Å². The monoisotopic (exact) mass is 423 g/mol. The van der Waals surface area contributed by atoms with Crippen molar-refractivity contribution >= 4 is 27.6 Å². The van der Waals surface area contributed by atoms with E-state index in [1.54, 1.807) is 30.3 Å². The van der Waals surface area contributed by atoms with E-state index in [1.165, 1.54) is 22.5 Å². The van der Waals surface area contributed by atoms with Crippen LogP contribution in [0.4, 0.5) is 0 Å².